The molecule has 1 aromatic heterocycles. The molecule has 3 N–H and O–H groups in total. The van der Waals surface area contributed by atoms with Gasteiger partial charge in [-0.05, 0) is 25.1 Å². The van der Waals surface area contributed by atoms with Crippen LogP contribution in [0.4, 0.5) is 0 Å². The summed E-state index contributed by atoms with van der Waals surface area (Å²) in [7, 11) is 0. The highest BCUT2D eigenvalue weighted by Gasteiger charge is 2.18. The van der Waals surface area contributed by atoms with Gasteiger partial charge in [-0.1, -0.05) is 41.9 Å². The maximum Gasteiger partial charge on any atom is 0.305 e. The van der Waals surface area contributed by atoms with Crippen LogP contribution in [0.3, 0.4) is 0 Å². The van der Waals surface area contributed by atoms with E-state index in [0.717, 1.165) is 5.39 Å². The van der Waals surface area contributed by atoms with E-state index in [1.165, 1.54) is 0 Å². The summed E-state index contributed by atoms with van der Waals surface area (Å²) in [6, 6.07) is 13.7. The van der Waals surface area contributed by atoms with Crippen molar-refractivity contribution in [3.05, 3.63) is 70.4 Å². The fraction of sp³-hybridized carbons (Fsp3) is 0.105. The van der Waals surface area contributed by atoms with Gasteiger partial charge in [0.2, 0.25) is 0 Å². The fourth-order valence-corrected chi connectivity index (χ4v) is 2.74. The molecule has 0 aliphatic rings. The molecule has 0 bridgehead atoms. The monoisotopic (exact) mass is 385 g/mol. The normalized spacial score (nSPS) is 10.4. The summed E-state index contributed by atoms with van der Waals surface area (Å²) < 4.78 is 5.51. The van der Waals surface area contributed by atoms with Crippen molar-refractivity contribution >= 4 is 40.3 Å². The van der Waals surface area contributed by atoms with Crippen LogP contribution in [-0.4, -0.2) is 24.3 Å². The van der Waals surface area contributed by atoms with Gasteiger partial charge in [0.05, 0.1) is 17.1 Å². The van der Waals surface area contributed by atoms with Crippen molar-refractivity contribution < 1.29 is 18.8 Å². The molecule has 138 valence electrons. The molecule has 0 spiro atoms. The van der Waals surface area contributed by atoms with Crippen molar-refractivity contribution in [3.63, 3.8) is 0 Å². The topological polar surface area (TPSA) is 100 Å². The first-order chi connectivity index (χ1) is 13.0. The molecule has 8 heteroatoms. The number of halogens is 1. The molecule has 3 rings (SSSR count). The molecule has 0 fully saturated rings. The number of amides is 3. The van der Waals surface area contributed by atoms with E-state index in [1.807, 2.05) is 12.1 Å². The summed E-state index contributed by atoms with van der Waals surface area (Å²) in [5, 5.41) is 3.53. The largest absolute Gasteiger partial charge is 0.451 e. The van der Waals surface area contributed by atoms with E-state index in [0.29, 0.717) is 11.1 Å². The minimum atomic E-state index is -0.600. The number of fused-ring (bicyclic) bond motifs is 1. The highest BCUT2D eigenvalue weighted by Crippen LogP contribution is 2.24. The Bertz CT molecular complexity index is 1030. The first-order valence-electron chi connectivity index (χ1n) is 8.07. The molecule has 1 heterocycles. The second-order valence-electron chi connectivity index (χ2n) is 5.72. The number of para-hydroxylation sites is 1. The Hall–Kier alpha value is -3.32. The third kappa shape index (κ3) is 4.09. The van der Waals surface area contributed by atoms with Gasteiger partial charge in [-0.15, -0.1) is 0 Å². The summed E-state index contributed by atoms with van der Waals surface area (Å²) in [6.07, 6.45) is 0. The number of rotatable bonds is 4. The Morgan fingerprint density at radius 2 is 1.67 bits per heavy atom. The average molecular weight is 386 g/mol. The minimum Gasteiger partial charge on any atom is -0.451 e. The standard InChI is InChI=1S/C19H16ClN3O4/c1-11-12-6-3-5-9-15(12)27-17(11)19(26)23-22-16(24)10-21-18(25)13-7-2-4-8-14(13)20/h2-9H,10H2,1H3,(H,21,25)(H,22,24)(H,23,26). The van der Waals surface area contributed by atoms with Crippen LogP contribution in [0.5, 0.6) is 0 Å². The highest BCUT2D eigenvalue weighted by atomic mass is 35.5. The molecule has 0 atom stereocenters. The zero-order valence-electron chi connectivity index (χ0n) is 14.3. The zero-order valence-corrected chi connectivity index (χ0v) is 15.1. The SMILES string of the molecule is Cc1c(C(=O)NNC(=O)CNC(=O)c2ccccc2Cl)oc2ccccc12. The first kappa shape index (κ1) is 18.5. The van der Waals surface area contributed by atoms with Crippen molar-refractivity contribution in [1.29, 1.82) is 0 Å². The molecule has 3 amide bonds. The van der Waals surface area contributed by atoms with E-state index in [4.69, 9.17) is 16.0 Å². The molecule has 0 saturated carbocycles. The van der Waals surface area contributed by atoms with Crippen molar-refractivity contribution in [2.24, 2.45) is 0 Å². The number of furan rings is 1. The maximum absolute atomic E-state index is 12.2. The first-order valence-corrected chi connectivity index (χ1v) is 8.45. The Balaban J connectivity index is 1.54. The van der Waals surface area contributed by atoms with Crippen molar-refractivity contribution in [1.82, 2.24) is 16.2 Å². The summed E-state index contributed by atoms with van der Waals surface area (Å²) in [6.45, 7) is 1.43. The molecule has 27 heavy (non-hydrogen) atoms. The number of hydrogen-bond donors (Lipinski definition) is 3. The van der Waals surface area contributed by atoms with Gasteiger partial charge in [-0.3, -0.25) is 25.2 Å². The lowest BCUT2D eigenvalue weighted by atomic mass is 10.1. The van der Waals surface area contributed by atoms with Gasteiger partial charge in [0.15, 0.2) is 5.76 Å². The van der Waals surface area contributed by atoms with Crippen LogP contribution in [0, 0.1) is 6.92 Å². The molecular weight excluding hydrogens is 370 g/mol. The predicted molar refractivity (Wildman–Crippen MR) is 100 cm³/mol. The minimum absolute atomic E-state index is 0.108. The van der Waals surface area contributed by atoms with Crippen molar-refractivity contribution in [2.75, 3.05) is 6.54 Å². The Morgan fingerprint density at radius 3 is 2.41 bits per heavy atom. The highest BCUT2D eigenvalue weighted by molar-refractivity contribution is 6.33. The number of carbonyl (C=O) groups is 3. The van der Waals surface area contributed by atoms with Crippen LogP contribution in [-0.2, 0) is 4.79 Å². The van der Waals surface area contributed by atoms with Crippen molar-refractivity contribution in [2.45, 2.75) is 6.92 Å². The Kier molecular flexibility index (Phi) is 5.42. The third-order valence-electron chi connectivity index (χ3n) is 3.89. The number of carbonyl (C=O) groups excluding carboxylic acids is 3. The second kappa shape index (κ2) is 7.92. The Labute approximate surface area is 159 Å². The van der Waals surface area contributed by atoms with E-state index < -0.39 is 17.7 Å². The zero-order chi connectivity index (χ0) is 19.4. The predicted octanol–water partition coefficient (Wildman–Crippen LogP) is 2.59. The van der Waals surface area contributed by atoms with Crippen LogP contribution in [0.2, 0.25) is 5.02 Å². The molecule has 0 radical (unpaired) electrons. The van der Waals surface area contributed by atoms with E-state index in [9.17, 15) is 14.4 Å². The average Bonchev–Trinajstić information content (AvgIpc) is 3.01. The molecule has 0 aliphatic carbocycles. The van der Waals surface area contributed by atoms with Crippen LogP contribution in [0.25, 0.3) is 11.0 Å². The van der Waals surface area contributed by atoms with Crippen LogP contribution >= 0.6 is 11.6 Å². The van der Waals surface area contributed by atoms with E-state index in [1.54, 1.807) is 43.3 Å². The lowest BCUT2D eigenvalue weighted by Gasteiger charge is -2.08. The fourth-order valence-electron chi connectivity index (χ4n) is 2.52. The second-order valence-corrected chi connectivity index (χ2v) is 6.12. The van der Waals surface area contributed by atoms with Gasteiger partial charge in [0.1, 0.15) is 5.58 Å². The van der Waals surface area contributed by atoms with Gasteiger partial charge < -0.3 is 9.73 Å². The van der Waals surface area contributed by atoms with Crippen molar-refractivity contribution in [3.8, 4) is 0 Å². The van der Waals surface area contributed by atoms with Crippen LogP contribution < -0.4 is 16.2 Å². The summed E-state index contributed by atoms with van der Waals surface area (Å²) in [5.74, 6) is -1.57. The number of hydrogen-bond acceptors (Lipinski definition) is 4. The lowest BCUT2D eigenvalue weighted by Crippen LogP contribution is -2.46. The molecular formula is C19H16ClN3O4. The lowest BCUT2D eigenvalue weighted by molar-refractivity contribution is -0.120. The van der Waals surface area contributed by atoms with Crippen LogP contribution in [0.1, 0.15) is 26.5 Å². The van der Waals surface area contributed by atoms with Gasteiger partial charge in [0.25, 0.3) is 11.8 Å². The molecule has 7 nitrogen and oxygen atoms in total. The molecule has 0 unspecified atom stereocenters. The summed E-state index contributed by atoms with van der Waals surface area (Å²) in [5.41, 5.74) is 6.00. The Morgan fingerprint density at radius 1 is 0.963 bits per heavy atom. The molecule has 0 aliphatic heterocycles. The van der Waals surface area contributed by atoms with Gasteiger partial charge >= 0.3 is 5.91 Å². The van der Waals surface area contributed by atoms with E-state index in [2.05, 4.69) is 16.2 Å². The summed E-state index contributed by atoms with van der Waals surface area (Å²) in [4.78, 5) is 36.1. The van der Waals surface area contributed by atoms with Gasteiger partial charge in [0, 0.05) is 10.9 Å². The number of aryl methyl sites for hydroxylation is 1. The summed E-state index contributed by atoms with van der Waals surface area (Å²) >= 11 is 5.92. The van der Waals surface area contributed by atoms with E-state index in [-0.39, 0.29) is 22.9 Å². The quantitative estimate of drug-likeness (QED) is 0.601. The number of nitrogens with one attached hydrogen (secondary N) is 3. The number of benzene rings is 2. The molecule has 0 saturated heterocycles. The van der Waals surface area contributed by atoms with E-state index >= 15 is 0 Å². The van der Waals surface area contributed by atoms with Gasteiger partial charge in [-0.2, -0.15) is 0 Å². The molecule has 3 aromatic rings. The van der Waals surface area contributed by atoms with Gasteiger partial charge in [-0.25, -0.2) is 0 Å². The number of hydrazine groups is 1. The third-order valence-corrected chi connectivity index (χ3v) is 4.22. The maximum atomic E-state index is 12.2. The smallest absolute Gasteiger partial charge is 0.305 e. The molecule has 2 aromatic carbocycles. The van der Waals surface area contributed by atoms with Crippen LogP contribution in [0.15, 0.2) is 52.9 Å².